The quantitative estimate of drug-likeness (QED) is 0.792. The second kappa shape index (κ2) is 7.49. The number of rotatable bonds is 5. The summed E-state index contributed by atoms with van der Waals surface area (Å²) in [6.07, 6.45) is 0. The van der Waals surface area contributed by atoms with E-state index in [-0.39, 0.29) is 17.8 Å². The molecule has 2 aromatic rings. The highest BCUT2D eigenvalue weighted by atomic mass is 16.5. The van der Waals surface area contributed by atoms with Gasteiger partial charge in [0.2, 0.25) is 0 Å². The molecule has 2 atom stereocenters. The van der Waals surface area contributed by atoms with Crippen molar-refractivity contribution in [3.8, 4) is 5.75 Å². The zero-order valence-electron chi connectivity index (χ0n) is 14.1. The molecule has 126 valence electrons. The number of nitrogens with zero attached hydrogens (tertiary/aromatic N) is 1. The van der Waals surface area contributed by atoms with Crippen LogP contribution in [0.5, 0.6) is 5.75 Å². The van der Waals surface area contributed by atoms with Gasteiger partial charge < -0.3 is 9.47 Å². The first-order valence-corrected chi connectivity index (χ1v) is 8.19. The molecule has 1 heterocycles. The number of ether oxygens (including phenoxy) is 2. The first-order chi connectivity index (χ1) is 11.7. The summed E-state index contributed by atoms with van der Waals surface area (Å²) in [5.41, 5.74) is 2.42. The molecule has 0 bridgehead atoms. The molecule has 0 aliphatic carbocycles. The molecule has 1 aliphatic rings. The van der Waals surface area contributed by atoms with Crippen LogP contribution < -0.4 is 4.74 Å². The number of hydrogen-bond donors (Lipinski definition) is 0. The number of benzene rings is 2. The molecule has 1 fully saturated rings. The van der Waals surface area contributed by atoms with Crippen molar-refractivity contribution in [2.45, 2.75) is 12.5 Å². The predicted molar refractivity (Wildman–Crippen MR) is 93.0 cm³/mol. The molecular weight excluding hydrogens is 302 g/mol. The first kappa shape index (κ1) is 16.5. The molecule has 2 unspecified atom stereocenters. The molecular formula is C20H23NO3. The van der Waals surface area contributed by atoms with Crippen LogP contribution in [0.4, 0.5) is 0 Å². The summed E-state index contributed by atoms with van der Waals surface area (Å²) in [4.78, 5) is 14.6. The van der Waals surface area contributed by atoms with Crippen LogP contribution in [0.15, 0.2) is 54.6 Å². The van der Waals surface area contributed by atoms with E-state index in [1.165, 1.54) is 12.7 Å². The van der Waals surface area contributed by atoms with E-state index in [4.69, 9.17) is 9.47 Å². The van der Waals surface area contributed by atoms with Gasteiger partial charge in [0.25, 0.3) is 0 Å². The van der Waals surface area contributed by atoms with Crippen LogP contribution in [0, 0.1) is 5.92 Å². The average molecular weight is 325 g/mol. The zero-order chi connectivity index (χ0) is 16.9. The lowest BCUT2D eigenvalue weighted by Crippen LogP contribution is -2.24. The minimum atomic E-state index is -0.133. The molecule has 0 amide bonds. The highest BCUT2D eigenvalue weighted by Crippen LogP contribution is 2.35. The second-order valence-electron chi connectivity index (χ2n) is 6.19. The van der Waals surface area contributed by atoms with Crippen molar-refractivity contribution in [3.05, 3.63) is 65.7 Å². The lowest BCUT2D eigenvalue weighted by atomic mass is 9.89. The number of methoxy groups -OCH3 is 2. The molecule has 0 saturated carbocycles. The summed E-state index contributed by atoms with van der Waals surface area (Å²) in [6, 6.07) is 18.3. The Balaban J connectivity index is 1.78. The van der Waals surface area contributed by atoms with Crippen LogP contribution in [-0.2, 0) is 16.1 Å². The fourth-order valence-corrected chi connectivity index (χ4v) is 3.44. The first-order valence-electron chi connectivity index (χ1n) is 8.19. The highest BCUT2D eigenvalue weighted by molar-refractivity contribution is 5.74. The average Bonchev–Trinajstić information content (AvgIpc) is 3.05. The summed E-state index contributed by atoms with van der Waals surface area (Å²) in [6.45, 7) is 2.42. The molecule has 2 aromatic carbocycles. The van der Waals surface area contributed by atoms with Gasteiger partial charge in [-0.2, -0.15) is 0 Å². The van der Waals surface area contributed by atoms with Gasteiger partial charge in [0.05, 0.1) is 20.1 Å². The SMILES string of the molecule is COC(=O)C1CN(Cc2ccccc2)CC1c1ccc(OC)cc1. The van der Waals surface area contributed by atoms with Gasteiger partial charge in [0.1, 0.15) is 5.75 Å². The monoisotopic (exact) mass is 325 g/mol. The van der Waals surface area contributed by atoms with Gasteiger partial charge in [-0.3, -0.25) is 9.69 Å². The maximum absolute atomic E-state index is 12.2. The van der Waals surface area contributed by atoms with E-state index < -0.39 is 0 Å². The van der Waals surface area contributed by atoms with Gasteiger partial charge in [-0.25, -0.2) is 0 Å². The molecule has 0 spiro atoms. The third kappa shape index (κ3) is 3.60. The summed E-state index contributed by atoms with van der Waals surface area (Å²) >= 11 is 0. The van der Waals surface area contributed by atoms with E-state index in [2.05, 4.69) is 17.0 Å². The summed E-state index contributed by atoms with van der Waals surface area (Å²) in [7, 11) is 3.12. The van der Waals surface area contributed by atoms with E-state index in [0.29, 0.717) is 0 Å². The summed E-state index contributed by atoms with van der Waals surface area (Å²) in [5.74, 6) is 0.707. The Morgan fingerprint density at radius 3 is 2.38 bits per heavy atom. The van der Waals surface area contributed by atoms with Gasteiger partial charge in [-0.05, 0) is 23.3 Å². The number of esters is 1. The van der Waals surface area contributed by atoms with E-state index in [9.17, 15) is 4.79 Å². The third-order valence-electron chi connectivity index (χ3n) is 4.69. The minimum Gasteiger partial charge on any atom is -0.497 e. The lowest BCUT2D eigenvalue weighted by molar-refractivity contribution is -0.145. The van der Waals surface area contributed by atoms with Crippen LogP contribution in [0.1, 0.15) is 17.0 Å². The molecule has 4 nitrogen and oxygen atoms in total. The molecule has 1 aliphatic heterocycles. The third-order valence-corrected chi connectivity index (χ3v) is 4.69. The van der Waals surface area contributed by atoms with Crippen LogP contribution in [-0.4, -0.2) is 38.2 Å². The molecule has 24 heavy (non-hydrogen) atoms. The Labute approximate surface area is 143 Å². The fourth-order valence-electron chi connectivity index (χ4n) is 3.44. The normalized spacial score (nSPS) is 20.8. The van der Waals surface area contributed by atoms with E-state index >= 15 is 0 Å². The number of carbonyl (C=O) groups excluding carboxylic acids is 1. The molecule has 3 rings (SSSR count). The van der Waals surface area contributed by atoms with E-state index in [1.807, 2.05) is 42.5 Å². The molecule has 0 aromatic heterocycles. The molecule has 4 heteroatoms. The lowest BCUT2D eigenvalue weighted by Gasteiger charge is -2.17. The maximum atomic E-state index is 12.2. The van der Waals surface area contributed by atoms with Crippen molar-refractivity contribution in [1.82, 2.24) is 4.90 Å². The highest BCUT2D eigenvalue weighted by Gasteiger charge is 2.39. The Morgan fingerprint density at radius 2 is 1.75 bits per heavy atom. The van der Waals surface area contributed by atoms with Gasteiger partial charge in [0, 0.05) is 25.6 Å². The van der Waals surface area contributed by atoms with Crippen molar-refractivity contribution in [3.63, 3.8) is 0 Å². The van der Waals surface area contributed by atoms with Gasteiger partial charge >= 0.3 is 5.97 Å². The Morgan fingerprint density at radius 1 is 1.04 bits per heavy atom. The fraction of sp³-hybridized carbons (Fsp3) is 0.350. The summed E-state index contributed by atoms with van der Waals surface area (Å²) < 4.78 is 10.3. The number of likely N-dealkylation sites (tertiary alicyclic amines) is 1. The van der Waals surface area contributed by atoms with Crippen molar-refractivity contribution in [1.29, 1.82) is 0 Å². The Bertz CT molecular complexity index is 669. The molecule has 0 N–H and O–H groups in total. The topological polar surface area (TPSA) is 38.8 Å². The van der Waals surface area contributed by atoms with Crippen molar-refractivity contribution in [2.75, 3.05) is 27.3 Å². The summed E-state index contributed by atoms with van der Waals surface area (Å²) in [5, 5.41) is 0. The van der Waals surface area contributed by atoms with E-state index in [0.717, 1.165) is 30.9 Å². The maximum Gasteiger partial charge on any atom is 0.310 e. The predicted octanol–water partition coefficient (Wildman–Crippen LogP) is 3.08. The standard InChI is InChI=1S/C20H23NO3/c1-23-17-10-8-16(9-11-17)18-13-21(14-19(18)20(22)24-2)12-15-6-4-3-5-7-15/h3-11,18-19H,12-14H2,1-2H3. The van der Waals surface area contributed by atoms with Gasteiger partial charge in [0.15, 0.2) is 0 Å². The smallest absolute Gasteiger partial charge is 0.310 e. The van der Waals surface area contributed by atoms with Crippen LogP contribution in [0.2, 0.25) is 0 Å². The number of carbonyl (C=O) groups is 1. The minimum absolute atomic E-state index is 0.132. The largest absolute Gasteiger partial charge is 0.497 e. The van der Waals surface area contributed by atoms with Gasteiger partial charge in [-0.15, -0.1) is 0 Å². The van der Waals surface area contributed by atoms with Crippen LogP contribution in [0.3, 0.4) is 0 Å². The molecule has 0 radical (unpaired) electrons. The zero-order valence-corrected chi connectivity index (χ0v) is 14.1. The Kier molecular flexibility index (Phi) is 5.16. The Hall–Kier alpha value is -2.33. The van der Waals surface area contributed by atoms with Gasteiger partial charge in [-0.1, -0.05) is 42.5 Å². The second-order valence-corrected chi connectivity index (χ2v) is 6.19. The van der Waals surface area contributed by atoms with Crippen molar-refractivity contribution < 1.29 is 14.3 Å². The van der Waals surface area contributed by atoms with Crippen molar-refractivity contribution in [2.24, 2.45) is 5.92 Å². The molecule has 1 saturated heterocycles. The van der Waals surface area contributed by atoms with Crippen LogP contribution in [0.25, 0.3) is 0 Å². The van der Waals surface area contributed by atoms with Crippen LogP contribution >= 0.6 is 0 Å². The van der Waals surface area contributed by atoms with E-state index in [1.54, 1.807) is 7.11 Å². The number of hydrogen-bond acceptors (Lipinski definition) is 4. The van der Waals surface area contributed by atoms with Crippen molar-refractivity contribution >= 4 is 5.97 Å².